The molecule has 26 heavy (non-hydrogen) atoms. The van der Waals surface area contributed by atoms with Gasteiger partial charge in [0.1, 0.15) is 0 Å². The predicted molar refractivity (Wildman–Crippen MR) is 109 cm³/mol. The fourth-order valence-corrected chi connectivity index (χ4v) is 2.81. The van der Waals surface area contributed by atoms with Gasteiger partial charge in [0.25, 0.3) is 11.8 Å². The minimum Gasteiger partial charge on any atom is -0.350 e. The van der Waals surface area contributed by atoms with Crippen molar-refractivity contribution in [3.8, 4) is 0 Å². The van der Waals surface area contributed by atoms with E-state index >= 15 is 0 Å². The molecule has 0 atom stereocenters. The van der Waals surface area contributed by atoms with Crippen molar-refractivity contribution in [1.29, 1.82) is 0 Å². The molecule has 2 aromatic rings. The molecule has 0 aliphatic rings. The Hall–Kier alpha value is -2.15. The molecule has 0 unspecified atom stereocenters. The van der Waals surface area contributed by atoms with Crippen LogP contribution in [0.25, 0.3) is 0 Å². The number of nitrogens with one attached hydrogen (secondary N) is 3. The standard InChI is InChI=1S/C18H17Cl2N3O2S/c1-10(2)21-16(24)11-3-5-15(6-4-11)22-18(26)23-17(25)12-7-13(19)9-14(20)8-12/h3-10H,1-2H3,(H,21,24)(H2,22,23,25,26). The number of hydrogen-bond acceptors (Lipinski definition) is 3. The smallest absolute Gasteiger partial charge is 0.257 e. The highest BCUT2D eigenvalue weighted by molar-refractivity contribution is 7.80. The van der Waals surface area contributed by atoms with Crippen LogP contribution in [-0.4, -0.2) is 23.0 Å². The average Bonchev–Trinajstić information content (AvgIpc) is 2.53. The molecule has 0 aliphatic heterocycles. The number of benzene rings is 2. The van der Waals surface area contributed by atoms with Gasteiger partial charge in [0.15, 0.2) is 5.11 Å². The Balaban J connectivity index is 1.97. The Morgan fingerprint density at radius 2 is 1.50 bits per heavy atom. The Bertz CT molecular complexity index is 819. The number of carbonyl (C=O) groups is 2. The van der Waals surface area contributed by atoms with Gasteiger partial charge in [-0.2, -0.15) is 0 Å². The average molecular weight is 410 g/mol. The van der Waals surface area contributed by atoms with Crippen molar-refractivity contribution in [1.82, 2.24) is 10.6 Å². The molecule has 3 N–H and O–H groups in total. The van der Waals surface area contributed by atoms with Gasteiger partial charge in [-0.05, 0) is 68.5 Å². The number of carbonyl (C=O) groups excluding carboxylic acids is 2. The zero-order valence-corrected chi connectivity index (χ0v) is 16.4. The summed E-state index contributed by atoms with van der Waals surface area (Å²) >= 11 is 16.9. The lowest BCUT2D eigenvalue weighted by molar-refractivity contribution is 0.0941. The lowest BCUT2D eigenvalue weighted by atomic mass is 10.2. The monoisotopic (exact) mass is 409 g/mol. The fraction of sp³-hybridized carbons (Fsp3) is 0.167. The third kappa shape index (κ3) is 5.98. The van der Waals surface area contributed by atoms with Crippen molar-refractivity contribution >= 4 is 58.0 Å². The largest absolute Gasteiger partial charge is 0.350 e. The molecule has 5 nitrogen and oxygen atoms in total. The van der Waals surface area contributed by atoms with E-state index in [9.17, 15) is 9.59 Å². The molecule has 0 radical (unpaired) electrons. The number of halogens is 2. The number of hydrogen-bond donors (Lipinski definition) is 3. The van der Waals surface area contributed by atoms with Crippen LogP contribution in [0.15, 0.2) is 42.5 Å². The van der Waals surface area contributed by atoms with Gasteiger partial charge in [0, 0.05) is 32.9 Å². The van der Waals surface area contributed by atoms with Gasteiger partial charge >= 0.3 is 0 Å². The molecule has 0 fully saturated rings. The summed E-state index contributed by atoms with van der Waals surface area (Å²) in [4.78, 5) is 24.1. The molecule has 0 saturated heterocycles. The van der Waals surface area contributed by atoms with Gasteiger partial charge in [-0.25, -0.2) is 0 Å². The van der Waals surface area contributed by atoms with E-state index in [0.717, 1.165) is 0 Å². The van der Waals surface area contributed by atoms with E-state index in [1.165, 1.54) is 18.2 Å². The third-order valence-corrected chi connectivity index (χ3v) is 3.82. The van der Waals surface area contributed by atoms with Crippen molar-refractivity contribution in [2.45, 2.75) is 19.9 Å². The minimum absolute atomic E-state index is 0.0584. The molecule has 0 aromatic heterocycles. The van der Waals surface area contributed by atoms with Crippen molar-refractivity contribution in [3.05, 3.63) is 63.6 Å². The molecule has 136 valence electrons. The summed E-state index contributed by atoms with van der Waals surface area (Å²) in [5.74, 6) is -0.583. The summed E-state index contributed by atoms with van der Waals surface area (Å²) in [5.41, 5.74) is 1.47. The van der Waals surface area contributed by atoms with Crippen LogP contribution in [0, 0.1) is 0 Å². The summed E-state index contributed by atoms with van der Waals surface area (Å²) in [6.07, 6.45) is 0. The first-order valence-corrected chi connectivity index (χ1v) is 8.90. The molecule has 0 spiro atoms. The third-order valence-electron chi connectivity index (χ3n) is 3.18. The van der Waals surface area contributed by atoms with Crippen LogP contribution in [0.2, 0.25) is 10.0 Å². The van der Waals surface area contributed by atoms with E-state index in [2.05, 4.69) is 16.0 Å². The van der Waals surface area contributed by atoms with Crippen LogP contribution < -0.4 is 16.0 Å². The molecular weight excluding hydrogens is 393 g/mol. The van der Waals surface area contributed by atoms with Crippen LogP contribution >= 0.6 is 35.4 Å². The van der Waals surface area contributed by atoms with E-state index < -0.39 is 5.91 Å². The van der Waals surface area contributed by atoms with Gasteiger partial charge in [-0.3, -0.25) is 14.9 Å². The maximum absolute atomic E-state index is 12.2. The van der Waals surface area contributed by atoms with Crippen molar-refractivity contribution in [2.75, 3.05) is 5.32 Å². The Morgan fingerprint density at radius 3 is 2.04 bits per heavy atom. The second-order valence-corrected chi connectivity index (χ2v) is 7.05. The maximum atomic E-state index is 12.2. The molecule has 0 heterocycles. The van der Waals surface area contributed by atoms with Crippen LogP contribution in [0.4, 0.5) is 5.69 Å². The Labute approximate surface area is 167 Å². The van der Waals surface area contributed by atoms with Crippen LogP contribution in [-0.2, 0) is 0 Å². The first-order chi connectivity index (χ1) is 12.2. The van der Waals surface area contributed by atoms with Crippen molar-refractivity contribution in [2.24, 2.45) is 0 Å². The van der Waals surface area contributed by atoms with Gasteiger partial charge in [-0.15, -0.1) is 0 Å². The lowest BCUT2D eigenvalue weighted by Crippen LogP contribution is -2.34. The highest BCUT2D eigenvalue weighted by Gasteiger charge is 2.11. The van der Waals surface area contributed by atoms with E-state index in [-0.39, 0.29) is 17.1 Å². The van der Waals surface area contributed by atoms with Crippen LogP contribution in [0.3, 0.4) is 0 Å². The van der Waals surface area contributed by atoms with Gasteiger partial charge in [0.05, 0.1) is 0 Å². The summed E-state index contributed by atoms with van der Waals surface area (Å²) in [5, 5.41) is 9.07. The Kier molecular flexibility index (Phi) is 6.97. The molecular formula is C18H17Cl2N3O2S. The molecule has 0 saturated carbocycles. The summed E-state index contributed by atoms with van der Waals surface area (Å²) in [7, 11) is 0. The van der Waals surface area contributed by atoms with Gasteiger partial charge in [-0.1, -0.05) is 23.2 Å². The normalized spacial score (nSPS) is 10.3. The summed E-state index contributed by atoms with van der Waals surface area (Å²) < 4.78 is 0. The van der Waals surface area contributed by atoms with Crippen molar-refractivity contribution in [3.63, 3.8) is 0 Å². The second-order valence-electron chi connectivity index (χ2n) is 5.77. The zero-order chi connectivity index (χ0) is 19.3. The topological polar surface area (TPSA) is 70.2 Å². The highest BCUT2D eigenvalue weighted by Crippen LogP contribution is 2.19. The van der Waals surface area contributed by atoms with Crippen molar-refractivity contribution < 1.29 is 9.59 Å². The quantitative estimate of drug-likeness (QED) is 0.659. The highest BCUT2D eigenvalue weighted by atomic mass is 35.5. The predicted octanol–water partition coefficient (Wildman–Crippen LogP) is 4.26. The molecule has 0 bridgehead atoms. The molecule has 8 heteroatoms. The molecule has 2 aromatic carbocycles. The Morgan fingerprint density at radius 1 is 0.923 bits per heavy atom. The lowest BCUT2D eigenvalue weighted by Gasteiger charge is -2.11. The number of thiocarbonyl (C=S) groups is 1. The first-order valence-electron chi connectivity index (χ1n) is 7.74. The van der Waals surface area contributed by atoms with Crippen LogP contribution in [0.5, 0.6) is 0 Å². The number of rotatable bonds is 4. The molecule has 0 aliphatic carbocycles. The SMILES string of the molecule is CC(C)NC(=O)c1ccc(NC(=S)NC(=O)c2cc(Cl)cc(Cl)c2)cc1. The van der Waals surface area contributed by atoms with E-state index in [0.29, 0.717) is 26.9 Å². The molecule has 2 amide bonds. The summed E-state index contributed by atoms with van der Waals surface area (Å²) in [6.45, 7) is 3.78. The van der Waals surface area contributed by atoms with Crippen LogP contribution in [0.1, 0.15) is 34.6 Å². The molecule has 2 rings (SSSR count). The van der Waals surface area contributed by atoms with Gasteiger partial charge in [0.2, 0.25) is 0 Å². The van der Waals surface area contributed by atoms with Gasteiger partial charge < -0.3 is 10.6 Å². The fourth-order valence-electron chi connectivity index (χ4n) is 2.07. The zero-order valence-electron chi connectivity index (χ0n) is 14.1. The maximum Gasteiger partial charge on any atom is 0.257 e. The summed E-state index contributed by atoms with van der Waals surface area (Å²) in [6, 6.07) is 11.3. The number of anilines is 1. The minimum atomic E-state index is -0.431. The van der Waals surface area contributed by atoms with E-state index in [1.807, 2.05) is 13.8 Å². The van der Waals surface area contributed by atoms with E-state index in [4.69, 9.17) is 35.4 Å². The second kappa shape index (κ2) is 8.98. The van der Waals surface area contributed by atoms with E-state index in [1.54, 1.807) is 24.3 Å². The number of amides is 2. The first kappa shape index (κ1) is 20.2.